The van der Waals surface area contributed by atoms with E-state index in [1.807, 2.05) is 42.5 Å². The van der Waals surface area contributed by atoms with Crippen LogP contribution in [0.3, 0.4) is 0 Å². The van der Waals surface area contributed by atoms with E-state index in [9.17, 15) is 4.79 Å². The van der Waals surface area contributed by atoms with E-state index in [0.717, 1.165) is 22.0 Å². The first-order valence-electron chi connectivity index (χ1n) is 6.56. The summed E-state index contributed by atoms with van der Waals surface area (Å²) in [5.74, 6) is 0.595. The summed E-state index contributed by atoms with van der Waals surface area (Å²) in [6, 6.07) is 15.5. The molecule has 3 aromatic rings. The number of fused-ring (bicyclic) bond motifs is 1. The molecule has 0 aliphatic carbocycles. The summed E-state index contributed by atoms with van der Waals surface area (Å²) in [6.07, 6.45) is 0.599. The fourth-order valence-electron chi connectivity index (χ4n) is 2.34. The molecule has 0 aliphatic heterocycles. The Bertz CT molecular complexity index is 803. The molecular weight excluding hydrogens is 250 g/mol. The summed E-state index contributed by atoms with van der Waals surface area (Å²) in [5.41, 5.74) is 7.04. The van der Waals surface area contributed by atoms with Crippen LogP contribution in [0.5, 0.6) is 0 Å². The van der Waals surface area contributed by atoms with Crippen molar-refractivity contribution in [3.05, 3.63) is 64.6 Å². The van der Waals surface area contributed by atoms with E-state index in [-0.39, 0.29) is 5.56 Å². The van der Waals surface area contributed by atoms with Gasteiger partial charge in [-0.15, -0.1) is 0 Å². The summed E-state index contributed by atoms with van der Waals surface area (Å²) in [7, 11) is 0. The highest BCUT2D eigenvalue weighted by Crippen LogP contribution is 2.25. The maximum absolute atomic E-state index is 11.8. The molecule has 0 fully saturated rings. The molecule has 0 saturated heterocycles. The Kier molecular flexibility index (Phi) is 3.31. The van der Waals surface area contributed by atoms with Gasteiger partial charge in [-0.2, -0.15) is 0 Å². The Hall–Kier alpha value is -2.46. The number of nitrogens with zero attached hydrogens (tertiary/aromatic N) is 1. The van der Waals surface area contributed by atoms with Gasteiger partial charge in [0.25, 0.3) is 5.56 Å². The molecule has 1 aromatic heterocycles. The monoisotopic (exact) mass is 265 g/mol. The topological polar surface area (TPSA) is 71.8 Å². The van der Waals surface area contributed by atoms with E-state index in [0.29, 0.717) is 18.8 Å². The zero-order chi connectivity index (χ0) is 13.9. The second-order valence-corrected chi connectivity index (χ2v) is 4.65. The molecular formula is C16H15N3O. The van der Waals surface area contributed by atoms with E-state index in [4.69, 9.17) is 5.73 Å². The molecule has 0 amide bonds. The van der Waals surface area contributed by atoms with E-state index in [2.05, 4.69) is 9.97 Å². The Balaban J connectivity index is 2.23. The number of rotatable bonds is 3. The van der Waals surface area contributed by atoms with Gasteiger partial charge < -0.3 is 10.7 Å². The van der Waals surface area contributed by atoms with Crippen molar-refractivity contribution in [1.82, 2.24) is 9.97 Å². The minimum Gasteiger partial charge on any atom is -0.330 e. The number of nitrogens with two attached hydrogens (primary N) is 1. The predicted molar refractivity (Wildman–Crippen MR) is 80.6 cm³/mol. The van der Waals surface area contributed by atoms with Crippen molar-refractivity contribution in [2.75, 3.05) is 6.54 Å². The van der Waals surface area contributed by atoms with Crippen molar-refractivity contribution >= 4 is 10.8 Å². The Morgan fingerprint density at radius 2 is 1.90 bits per heavy atom. The highest BCUT2D eigenvalue weighted by atomic mass is 16.1. The molecule has 0 saturated carbocycles. The van der Waals surface area contributed by atoms with Gasteiger partial charge >= 0.3 is 0 Å². The third-order valence-electron chi connectivity index (χ3n) is 3.24. The number of hydrogen-bond donors (Lipinski definition) is 2. The fourth-order valence-corrected chi connectivity index (χ4v) is 2.34. The van der Waals surface area contributed by atoms with Crippen LogP contribution in [0.15, 0.2) is 53.3 Å². The van der Waals surface area contributed by atoms with Gasteiger partial charge in [-0.25, -0.2) is 4.98 Å². The molecule has 1 heterocycles. The van der Waals surface area contributed by atoms with Gasteiger partial charge in [0.2, 0.25) is 0 Å². The normalized spacial score (nSPS) is 10.8. The minimum absolute atomic E-state index is 0.147. The summed E-state index contributed by atoms with van der Waals surface area (Å²) in [4.78, 5) is 19.1. The van der Waals surface area contributed by atoms with Gasteiger partial charge in [0.15, 0.2) is 0 Å². The Morgan fingerprint density at radius 3 is 2.75 bits per heavy atom. The predicted octanol–water partition coefficient (Wildman–Crippen LogP) is 2.09. The Labute approximate surface area is 116 Å². The quantitative estimate of drug-likeness (QED) is 0.761. The van der Waals surface area contributed by atoms with Crippen LogP contribution in [0.2, 0.25) is 0 Å². The first-order chi connectivity index (χ1) is 9.78. The van der Waals surface area contributed by atoms with Crippen LogP contribution in [0.25, 0.3) is 22.2 Å². The first-order valence-corrected chi connectivity index (χ1v) is 6.56. The second kappa shape index (κ2) is 5.27. The maximum Gasteiger partial charge on any atom is 0.251 e. The number of aromatic nitrogens is 2. The molecule has 0 radical (unpaired) electrons. The van der Waals surface area contributed by atoms with Gasteiger partial charge in [-0.1, -0.05) is 42.5 Å². The SMILES string of the molecule is NCCc1cc(=O)[nH]c(-c2cccc3ccccc23)n1. The Morgan fingerprint density at radius 1 is 1.10 bits per heavy atom. The van der Waals surface area contributed by atoms with E-state index >= 15 is 0 Å². The molecule has 20 heavy (non-hydrogen) atoms. The third-order valence-corrected chi connectivity index (χ3v) is 3.24. The van der Waals surface area contributed by atoms with Crippen LogP contribution in [0, 0.1) is 0 Å². The second-order valence-electron chi connectivity index (χ2n) is 4.65. The molecule has 0 bridgehead atoms. The lowest BCUT2D eigenvalue weighted by Gasteiger charge is -2.07. The zero-order valence-corrected chi connectivity index (χ0v) is 11.0. The molecule has 0 unspecified atom stereocenters. The van der Waals surface area contributed by atoms with E-state index < -0.39 is 0 Å². The molecule has 0 atom stereocenters. The highest BCUT2D eigenvalue weighted by molar-refractivity contribution is 5.94. The molecule has 4 heteroatoms. The van der Waals surface area contributed by atoms with Gasteiger partial charge in [0.1, 0.15) is 5.82 Å². The molecule has 3 N–H and O–H groups in total. The molecule has 0 aliphatic rings. The number of aromatic amines is 1. The highest BCUT2D eigenvalue weighted by Gasteiger charge is 2.07. The third kappa shape index (κ3) is 2.33. The molecule has 100 valence electrons. The molecule has 2 aromatic carbocycles. The van der Waals surface area contributed by atoms with Crippen LogP contribution in [-0.2, 0) is 6.42 Å². The standard InChI is InChI=1S/C16H15N3O/c17-9-8-12-10-15(20)19-16(18-12)14-7-3-5-11-4-1-2-6-13(11)14/h1-7,10H,8-9,17H2,(H,18,19,20). The molecule has 0 spiro atoms. The lowest BCUT2D eigenvalue weighted by atomic mass is 10.0. The lowest BCUT2D eigenvalue weighted by molar-refractivity contribution is 0.906. The number of hydrogen-bond acceptors (Lipinski definition) is 3. The van der Waals surface area contributed by atoms with Gasteiger partial charge in [0.05, 0.1) is 0 Å². The van der Waals surface area contributed by atoms with Gasteiger partial charge in [0, 0.05) is 23.7 Å². The van der Waals surface area contributed by atoms with Crippen LogP contribution in [0.1, 0.15) is 5.69 Å². The fraction of sp³-hybridized carbons (Fsp3) is 0.125. The number of H-pyrrole nitrogens is 1. The minimum atomic E-state index is -0.147. The smallest absolute Gasteiger partial charge is 0.251 e. The van der Waals surface area contributed by atoms with Crippen LogP contribution in [0.4, 0.5) is 0 Å². The first kappa shape index (κ1) is 12.6. The zero-order valence-electron chi connectivity index (χ0n) is 11.0. The van der Waals surface area contributed by atoms with Crippen molar-refractivity contribution in [2.24, 2.45) is 5.73 Å². The summed E-state index contributed by atoms with van der Waals surface area (Å²) in [6.45, 7) is 0.478. The van der Waals surface area contributed by atoms with Crippen LogP contribution >= 0.6 is 0 Å². The lowest BCUT2D eigenvalue weighted by Crippen LogP contribution is -2.13. The van der Waals surface area contributed by atoms with Crippen molar-refractivity contribution in [1.29, 1.82) is 0 Å². The summed E-state index contributed by atoms with van der Waals surface area (Å²) in [5, 5.41) is 2.19. The largest absolute Gasteiger partial charge is 0.330 e. The van der Waals surface area contributed by atoms with Crippen LogP contribution < -0.4 is 11.3 Å². The number of nitrogens with one attached hydrogen (secondary N) is 1. The van der Waals surface area contributed by atoms with Crippen molar-refractivity contribution in [3.8, 4) is 11.4 Å². The van der Waals surface area contributed by atoms with Gasteiger partial charge in [-0.3, -0.25) is 4.79 Å². The van der Waals surface area contributed by atoms with Crippen LogP contribution in [-0.4, -0.2) is 16.5 Å². The van der Waals surface area contributed by atoms with E-state index in [1.54, 1.807) is 0 Å². The average molecular weight is 265 g/mol. The van der Waals surface area contributed by atoms with Crippen molar-refractivity contribution < 1.29 is 0 Å². The summed E-state index contributed by atoms with van der Waals surface area (Å²) >= 11 is 0. The number of benzene rings is 2. The van der Waals surface area contributed by atoms with Crippen molar-refractivity contribution in [3.63, 3.8) is 0 Å². The molecule has 4 nitrogen and oxygen atoms in total. The summed E-state index contributed by atoms with van der Waals surface area (Å²) < 4.78 is 0. The maximum atomic E-state index is 11.8. The molecule has 3 rings (SSSR count). The average Bonchev–Trinajstić information content (AvgIpc) is 2.46. The van der Waals surface area contributed by atoms with E-state index in [1.165, 1.54) is 6.07 Å². The van der Waals surface area contributed by atoms with Crippen molar-refractivity contribution in [2.45, 2.75) is 6.42 Å². The van der Waals surface area contributed by atoms with Gasteiger partial charge in [-0.05, 0) is 17.3 Å².